The monoisotopic (exact) mass is 465 g/mol. The summed E-state index contributed by atoms with van der Waals surface area (Å²) in [6.45, 7) is 3.80. The minimum atomic E-state index is -3.91. The smallest absolute Gasteiger partial charge is 0.261 e. The third-order valence-electron chi connectivity index (χ3n) is 4.74. The van der Waals surface area contributed by atoms with Gasteiger partial charge in [-0.3, -0.25) is 9.52 Å². The fourth-order valence-corrected chi connectivity index (χ4v) is 4.24. The number of hydrogen-bond acceptors (Lipinski definition) is 5. The molecule has 4 rings (SSSR count). The van der Waals surface area contributed by atoms with Crippen LogP contribution in [0, 0.1) is 19.7 Å². The first-order valence-electron chi connectivity index (χ1n) is 9.91. The van der Waals surface area contributed by atoms with E-state index in [-0.39, 0.29) is 10.6 Å². The number of benzene rings is 2. The largest absolute Gasteiger partial charge is 0.322 e. The van der Waals surface area contributed by atoms with Gasteiger partial charge in [0, 0.05) is 17.6 Å². The van der Waals surface area contributed by atoms with Crippen LogP contribution in [0.25, 0.3) is 5.82 Å². The number of amides is 1. The number of halogens is 1. The van der Waals surface area contributed by atoms with Crippen LogP contribution in [-0.4, -0.2) is 29.1 Å². The molecule has 2 N–H and O–H groups in total. The summed E-state index contributed by atoms with van der Waals surface area (Å²) in [7, 11) is -3.91. The molecule has 0 atom stereocenters. The molecule has 0 bridgehead atoms. The Morgan fingerprint density at radius 3 is 2.33 bits per heavy atom. The van der Waals surface area contributed by atoms with Crippen LogP contribution in [0.1, 0.15) is 21.7 Å². The first kappa shape index (κ1) is 22.2. The standard InChI is InChI=1S/C23H20FN5O3S/c1-15-12-16(2)29(27-15)22-11-6-17(14-25-22)23(30)26-19-7-9-21(10-8-19)33(31,32)28-20-5-3-4-18(24)13-20/h3-14,28H,1-2H3,(H,26,30). The zero-order valence-electron chi connectivity index (χ0n) is 17.8. The fourth-order valence-electron chi connectivity index (χ4n) is 3.19. The molecule has 0 aliphatic carbocycles. The maximum absolute atomic E-state index is 13.3. The second-order valence-electron chi connectivity index (χ2n) is 7.34. The molecule has 33 heavy (non-hydrogen) atoms. The molecule has 2 heterocycles. The van der Waals surface area contributed by atoms with Gasteiger partial charge in [0.25, 0.3) is 15.9 Å². The van der Waals surface area contributed by atoms with Gasteiger partial charge in [-0.15, -0.1) is 0 Å². The van der Waals surface area contributed by atoms with E-state index in [4.69, 9.17) is 0 Å². The maximum Gasteiger partial charge on any atom is 0.261 e. The number of carbonyl (C=O) groups is 1. The van der Waals surface area contributed by atoms with Crippen LogP contribution < -0.4 is 10.0 Å². The van der Waals surface area contributed by atoms with Crippen LogP contribution >= 0.6 is 0 Å². The second-order valence-corrected chi connectivity index (χ2v) is 9.02. The lowest BCUT2D eigenvalue weighted by atomic mass is 10.2. The number of sulfonamides is 1. The highest BCUT2D eigenvalue weighted by Crippen LogP contribution is 2.19. The molecule has 2 aromatic carbocycles. The molecule has 2 aromatic heterocycles. The van der Waals surface area contributed by atoms with Crippen molar-refractivity contribution in [1.29, 1.82) is 0 Å². The summed E-state index contributed by atoms with van der Waals surface area (Å²) in [4.78, 5) is 16.8. The molecule has 4 aromatic rings. The van der Waals surface area contributed by atoms with Crippen molar-refractivity contribution in [3.05, 3.63) is 95.7 Å². The highest BCUT2D eigenvalue weighted by atomic mass is 32.2. The number of carbonyl (C=O) groups excluding carboxylic acids is 1. The van der Waals surface area contributed by atoms with Crippen LogP contribution in [0.2, 0.25) is 0 Å². The number of nitrogens with one attached hydrogen (secondary N) is 2. The Bertz CT molecular complexity index is 1420. The van der Waals surface area contributed by atoms with Crippen molar-refractivity contribution in [2.24, 2.45) is 0 Å². The number of rotatable bonds is 6. The predicted molar refractivity (Wildman–Crippen MR) is 122 cm³/mol. The first-order valence-corrected chi connectivity index (χ1v) is 11.4. The summed E-state index contributed by atoms with van der Waals surface area (Å²) in [5.41, 5.74) is 2.66. The van der Waals surface area contributed by atoms with E-state index in [1.54, 1.807) is 16.8 Å². The molecular formula is C23H20FN5O3S. The van der Waals surface area contributed by atoms with E-state index in [0.717, 1.165) is 17.5 Å². The molecule has 0 unspecified atom stereocenters. The topological polar surface area (TPSA) is 106 Å². The van der Waals surface area contributed by atoms with E-state index in [1.807, 2.05) is 19.9 Å². The summed E-state index contributed by atoms with van der Waals surface area (Å²) in [6, 6.07) is 16.1. The Hall–Kier alpha value is -4.05. The fraction of sp³-hybridized carbons (Fsp3) is 0.0870. The average Bonchev–Trinajstić information content (AvgIpc) is 3.12. The number of aromatic nitrogens is 3. The number of hydrogen-bond donors (Lipinski definition) is 2. The summed E-state index contributed by atoms with van der Waals surface area (Å²) in [5.74, 6) is -0.348. The summed E-state index contributed by atoms with van der Waals surface area (Å²) in [5, 5.41) is 7.06. The van der Waals surface area contributed by atoms with Gasteiger partial charge in [0.2, 0.25) is 0 Å². The summed E-state index contributed by atoms with van der Waals surface area (Å²) in [6.07, 6.45) is 1.45. The van der Waals surface area contributed by atoms with E-state index >= 15 is 0 Å². The lowest BCUT2D eigenvalue weighted by Crippen LogP contribution is -2.14. The molecule has 0 radical (unpaired) electrons. The Kier molecular flexibility index (Phi) is 5.93. The highest BCUT2D eigenvalue weighted by molar-refractivity contribution is 7.92. The predicted octanol–water partition coefficient (Wildman–Crippen LogP) is 4.08. The number of anilines is 2. The third-order valence-corrected chi connectivity index (χ3v) is 6.13. The number of aryl methyl sites for hydroxylation is 2. The quantitative estimate of drug-likeness (QED) is 0.446. The molecule has 0 spiro atoms. The zero-order chi connectivity index (χ0) is 23.6. The SMILES string of the molecule is Cc1cc(C)n(-c2ccc(C(=O)Nc3ccc(S(=O)(=O)Nc4cccc(F)c4)cc3)cn2)n1. The molecule has 8 nitrogen and oxygen atoms in total. The van der Waals surface area contributed by atoms with E-state index in [0.29, 0.717) is 17.1 Å². The minimum Gasteiger partial charge on any atom is -0.322 e. The van der Waals surface area contributed by atoms with Crippen molar-refractivity contribution in [3.8, 4) is 5.82 Å². The Labute approximate surface area is 190 Å². The lowest BCUT2D eigenvalue weighted by Gasteiger charge is -2.10. The van der Waals surface area contributed by atoms with Crippen LogP contribution in [-0.2, 0) is 10.0 Å². The van der Waals surface area contributed by atoms with E-state index in [2.05, 4.69) is 20.1 Å². The van der Waals surface area contributed by atoms with Gasteiger partial charge in [-0.2, -0.15) is 5.10 Å². The van der Waals surface area contributed by atoms with Crippen molar-refractivity contribution in [3.63, 3.8) is 0 Å². The van der Waals surface area contributed by atoms with Crippen LogP contribution in [0.5, 0.6) is 0 Å². The highest BCUT2D eigenvalue weighted by Gasteiger charge is 2.15. The van der Waals surface area contributed by atoms with E-state index in [9.17, 15) is 17.6 Å². The van der Waals surface area contributed by atoms with Crippen molar-refractivity contribution in [2.45, 2.75) is 18.7 Å². The molecule has 1 amide bonds. The zero-order valence-corrected chi connectivity index (χ0v) is 18.6. The summed E-state index contributed by atoms with van der Waals surface area (Å²) >= 11 is 0. The molecule has 0 aliphatic rings. The van der Waals surface area contributed by atoms with Crippen molar-refractivity contribution >= 4 is 27.3 Å². The van der Waals surface area contributed by atoms with Gasteiger partial charge in [0.1, 0.15) is 5.82 Å². The Balaban J connectivity index is 1.44. The van der Waals surface area contributed by atoms with Gasteiger partial charge in [-0.05, 0) is 74.5 Å². The first-order chi connectivity index (χ1) is 15.7. The van der Waals surface area contributed by atoms with E-state index in [1.165, 1.54) is 48.7 Å². The third kappa shape index (κ3) is 5.07. The molecule has 0 fully saturated rings. The van der Waals surface area contributed by atoms with Crippen molar-refractivity contribution < 1.29 is 17.6 Å². The maximum atomic E-state index is 13.3. The van der Waals surface area contributed by atoms with Gasteiger partial charge in [-0.25, -0.2) is 22.5 Å². The van der Waals surface area contributed by atoms with E-state index < -0.39 is 21.7 Å². The molecule has 0 saturated carbocycles. The second kappa shape index (κ2) is 8.83. The minimum absolute atomic E-state index is 0.0272. The van der Waals surface area contributed by atoms with Gasteiger partial charge < -0.3 is 5.32 Å². The number of pyridine rings is 1. The Morgan fingerprint density at radius 2 is 1.73 bits per heavy atom. The van der Waals surface area contributed by atoms with Gasteiger partial charge in [0.05, 0.1) is 21.8 Å². The van der Waals surface area contributed by atoms with Gasteiger partial charge in [0.15, 0.2) is 5.82 Å². The van der Waals surface area contributed by atoms with Crippen LogP contribution in [0.3, 0.4) is 0 Å². The molecule has 10 heteroatoms. The van der Waals surface area contributed by atoms with Crippen LogP contribution in [0.15, 0.2) is 77.8 Å². The molecule has 0 aliphatic heterocycles. The molecule has 168 valence electrons. The van der Waals surface area contributed by atoms with Gasteiger partial charge >= 0.3 is 0 Å². The Morgan fingerprint density at radius 1 is 0.970 bits per heavy atom. The summed E-state index contributed by atoms with van der Waals surface area (Å²) < 4.78 is 42.3. The molecular weight excluding hydrogens is 445 g/mol. The molecule has 0 saturated heterocycles. The van der Waals surface area contributed by atoms with Crippen molar-refractivity contribution in [1.82, 2.24) is 14.8 Å². The normalized spacial score (nSPS) is 11.2. The number of nitrogens with zero attached hydrogens (tertiary/aromatic N) is 3. The van der Waals surface area contributed by atoms with Gasteiger partial charge in [-0.1, -0.05) is 6.07 Å². The lowest BCUT2D eigenvalue weighted by molar-refractivity contribution is 0.102. The van der Waals surface area contributed by atoms with Crippen molar-refractivity contribution in [2.75, 3.05) is 10.0 Å². The van der Waals surface area contributed by atoms with Crippen LogP contribution in [0.4, 0.5) is 15.8 Å². The average molecular weight is 466 g/mol.